The van der Waals surface area contributed by atoms with Gasteiger partial charge >= 0.3 is 0 Å². The lowest BCUT2D eigenvalue weighted by atomic mass is 10.0. The van der Waals surface area contributed by atoms with Gasteiger partial charge in [-0.05, 0) is 56.3 Å². The van der Waals surface area contributed by atoms with Gasteiger partial charge in [0.1, 0.15) is 5.82 Å². The maximum absolute atomic E-state index is 13.6. The highest BCUT2D eigenvalue weighted by Gasteiger charge is 2.22. The number of para-hydroxylation sites is 1. The molecule has 2 aromatic rings. The maximum atomic E-state index is 13.6. The fourth-order valence-electron chi connectivity index (χ4n) is 2.85. The third-order valence-corrected chi connectivity index (χ3v) is 3.79. The number of hydrogen-bond acceptors (Lipinski definition) is 2. The van der Waals surface area contributed by atoms with Gasteiger partial charge in [0.15, 0.2) is 0 Å². The Morgan fingerprint density at radius 2 is 1.57 bits per heavy atom. The molecular weight excluding hydrogens is 287 g/mol. The number of anilines is 2. The van der Waals surface area contributed by atoms with Gasteiger partial charge < -0.3 is 10.2 Å². The minimum Gasteiger partial charge on any atom is -0.338 e. The van der Waals surface area contributed by atoms with E-state index in [9.17, 15) is 4.39 Å². The van der Waals surface area contributed by atoms with Crippen LogP contribution in [0.1, 0.15) is 12.8 Å². The van der Waals surface area contributed by atoms with Gasteiger partial charge in [-0.2, -0.15) is 0 Å². The summed E-state index contributed by atoms with van der Waals surface area (Å²) < 4.78 is 13.6. The summed E-state index contributed by atoms with van der Waals surface area (Å²) in [5.74, 6) is -0.183. The van der Waals surface area contributed by atoms with Gasteiger partial charge in [-0.25, -0.2) is 4.39 Å². The van der Waals surface area contributed by atoms with Gasteiger partial charge in [0.05, 0.1) is 0 Å². The molecule has 1 N–H and O–H groups in total. The Labute approximate surface area is 131 Å². The molecular formula is C17H20ClFN2. The summed E-state index contributed by atoms with van der Waals surface area (Å²) in [5.41, 5.74) is 2.06. The number of piperidine rings is 1. The molecule has 1 aliphatic heterocycles. The third kappa shape index (κ3) is 3.74. The molecule has 112 valence electrons. The Bertz CT molecular complexity index is 556. The Morgan fingerprint density at radius 3 is 2.24 bits per heavy atom. The lowest BCUT2D eigenvalue weighted by molar-refractivity contribution is 0.451. The maximum Gasteiger partial charge on any atom is 0.125 e. The normalized spacial score (nSPS) is 15.3. The molecule has 0 aliphatic carbocycles. The summed E-state index contributed by atoms with van der Waals surface area (Å²) in [6.07, 6.45) is 2.15. The van der Waals surface area contributed by atoms with Crippen molar-refractivity contribution in [2.24, 2.45) is 0 Å². The van der Waals surface area contributed by atoms with Crippen molar-refractivity contribution >= 4 is 23.8 Å². The number of benzene rings is 2. The molecule has 1 aliphatic rings. The van der Waals surface area contributed by atoms with Crippen molar-refractivity contribution < 1.29 is 4.39 Å². The van der Waals surface area contributed by atoms with Gasteiger partial charge in [-0.15, -0.1) is 12.4 Å². The van der Waals surface area contributed by atoms with E-state index in [-0.39, 0.29) is 18.2 Å². The zero-order valence-electron chi connectivity index (χ0n) is 11.8. The van der Waals surface area contributed by atoms with E-state index in [2.05, 4.69) is 22.3 Å². The van der Waals surface area contributed by atoms with Crippen molar-refractivity contribution in [2.75, 3.05) is 18.0 Å². The first-order valence-electron chi connectivity index (χ1n) is 7.15. The fraction of sp³-hybridized carbons (Fsp3) is 0.294. The van der Waals surface area contributed by atoms with E-state index in [0.29, 0.717) is 6.04 Å². The van der Waals surface area contributed by atoms with E-state index in [1.165, 1.54) is 6.07 Å². The molecule has 1 saturated heterocycles. The molecule has 0 spiro atoms. The van der Waals surface area contributed by atoms with E-state index >= 15 is 0 Å². The first kappa shape index (κ1) is 15.8. The Balaban J connectivity index is 0.00000161. The van der Waals surface area contributed by atoms with E-state index in [4.69, 9.17) is 0 Å². The van der Waals surface area contributed by atoms with Crippen molar-refractivity contribution in [3.63, 3.8) is 0 Å². The van der Waals surface area contributed by atoms with E-state index < -0.39 is 0 Å². The van der Waals surface area contributed by atoms with Crippen LogP contribution in [0, 0.1) is 5.82 Å². The molecule has 0 bridgehead atoms. The van der Waals surface area contributed by atoms with Crippen LogP contribution in [0.2, 0.25) is 0 Å². The molecule has 0 aromatic heterocycles. The summed E-state index contributed by atoms with van der Waals surface area (Å²) in [6, 6.07) is 17.5. The Hall–Kier alpha value is -1.58. The molecule has 0 amide bonds. The number of hydrogen-bond donors (Lipinski definition) is 1. The van der Waals surface area contributed by atoms with Crippen molar-refractivity contribution in [2.45, 2.75) is 18.9 Å². The number of nitrogens with one attached hydrogen (secondary N) is 1. The van der Waals surface area contributed by atoms with Crippen molar-refractivity contribution in [1.29, 1.82) is 0 Å². The summed E-state index contributed by atoms with van der Waals surface area (Å²) in [4.78, 5) is 2.27. The fourth-order valence-corrected chi connectivity index (χ4v) is 2.85. The first-order valence-corrected chi connectivity index (χ1v) is 7.15. The number of rotatable bonds is 3. The monoisotopic (exact) mass is 306 g/mol. The molecule has 4 heteroatoms. The van der Waals surface area contributed by atoms with Gasteiger partial charge in [-0.1, -0.05) is 24.3 Å². The largest absolute Gasteiger partial charge is 0.338 e. The van der Waals surface area contributed by atoms with Crippen LogP contribution in [0.15, 0.2) is 54.6 Å². The summed E-state index contributed by atoms with van der Waals surface area (Å²) in [5, 5.41) is 3.38. The van der Waals surface area contributed by atoms with Crippen LogP contribution >= 0.6 is 12.4 Å². The van der Waals surface area contributed by atoms with Gasteiger partial charge in [0, 0.05) is 17.4 Å². The molecule has 3 rings (SSSR count). The molecule has 0 radical (unpaired) electrons. The van der Waals surface area contributed by atoms with Crippen LogP contribution in [0.4, 0.5) is 15.8 Å². The molecule has 0 saturated carbocycles. The lowest BCUT2D eigenvalue weighted by Crippen LogP contribution is -2.40. The second-order valence-corrected chi connectivity index (χ2v) is 5.17. The number of halogens is 2. The van der Waals surface area contributed by atoms with Crippen LogP contribution in [0.25, 0.3) is 0 Å². The Morgan fingerprint density at radius 1 is 0.905 bits per heavy atom. The smallest absolute Gasteiger partial charge is 0.125 e. The predicted molar refractivity (Wildman–Crippen MR) is 88.1 cm³/mol. The number of nitrogens with zero attached hydrogens (tertiary/aromatic N) is 1. The Kier molecular flexibility index (Phi) is 5.59. The van der Waals surface area contributed by atoms with Crippen LogP contribution in [0.5, 0.6) is 0 Å². The van der Waals surface area contributed by atoms with Crippen LogP contribution in [-0.2, 0) is 0 Å². The second kappa shape index (κ2) is 7.43. The molecule has 2 aromatic carbocycles. The van der Waals surface area contributed by atoms with Crippen molar-refractivity contribution in [3.05, 3.63) is 60.4 Å². The zero-order chi connectivity index (χ0) is 13.8. The van der Waals surface area contributed by atoms with Crippen LogP contribution in [-0.4, -0.2) is 19.1 Å². The van der Waals surface area contributed by atoms with E-state index in [1.54, 1.807) is 12.1 Å². The van der Waals surface area contributed by atoms with E-state index in [1.807, 2.05) is 24.3 Å². The average Bonchev–Trinajstić information content (AvgIpc) is 2.50. The summed E-state index contributed by atoms with van der Waals surface area (Å²) in [7, 11) is 0. The van der Waals surface area contributed by atoms with Gasteiger partial charge in [0.25, 0.3) is 0 Å². The summed E-state index contributed by atoms with van der Waals surface area (Å²) >= 11 is 0. The quantitative estimate of drug-likeness (QED) is 0.917. The highest BCUT2D eigenvalue weighted by atomic mass is 35.5. The lowest BCUT2D eigenvalue weighted by Gasteiger charge is -2.36. The SMILES string of the molecule is Cl.Fc1cccc(N(c2ccccc2)C2CCNCC2)c1. The minimum absolute atomic E-state index is 0. The molecule has 21 heavy (non-hydrogen) atoms. The van der Waals surface area contributed by atoms with Gasteiger partial charge in [0.2, 0.25) is 0 Å². The highest BCUT2D eigenvalue weighted by Crippen LogP contribution is 2.31. The first-order chi connectivity index (χ1) is 9.84. The third-order valence-electron chi connectivity index (χ3n) is 3.79. The molecule has 0 atom stereocenters. The molecule has 0 unspecified atom stereocenters. The molecule has 1 fully saturated rings. The standard InChI is InChI=1S/C17H19FN2.ClH/c18-14-5-4-8-17(13-14)20(15-6-2-1-3-7-15)16-9-11-19-12-10-16;/h1-8,13,16,19H,9-12H2;1H. The molecule has 1 heterocycles. The minimum atomic E-state index is -0.183. The van der Waals surface area contributed by atoms with Crippen molar-refractivity contribution in [1.82, 2.24) is 5.32 Å². The highest BCUT2D eigenvalue weighted by molar-refractivity contribution is 5.85. The van der Waals surface area contributed by atoms with Crippen LogP contribution < -0.4 is 10.2 Å². The van der Waals surface area contributed by atoms with E-state index in [0.717, 1.165) is 37.3 Å². The van der Waals surface area contributed by atoms with Crippen LogP contribution in [0.3, 0.4) is 0 Å². The zero-order valence-corrected chi connectivity index (χ0v) is 12.7. The van der Waals surface area contributed by atoms with Crippen molar-refractivity contribution in [3.8, 4) is 0 Å². The average molecular weight is 307 g/mol. The molecule has 2 nitrogen and oxygen atoms in total. The van der Waals surface area contributed by atoms with Gasteiger partial charge in [-0.3, -0.25) is 0 Å². The predicted octanol–water partition coefficient (Wildman–Crippen LogP) is 4.14. The topological polar surface area (TPSA) is 15.3 Å². The summed E-state index contributed by atoms with van der Waals surface area (Å²) in [6.45, 7) is 2.03. The second-order valence-electron chi connectivity index (χ2n) is 5.17.